The number of hydrogen-bond acceptors (Lipinski definition) is 17. The van der Waals surface area contributed by atoms with Gasteiger partial charge >= 0.3 is 30.3 Å². The number of benzene rings is 2. The van der Waals surface area contributed by atoms with Crippen LogP contribution in [-0.4, -0.2) is 132 Å². The van der Waals surface area contributed by atoms with E-state index in [1.807, 2.05) is 0 Å². The number of aliphatic hydroxyl groups excluding tert-OH is 1. The Hall–Kier alpha value is -3.82. The summed E-state index contributed by atoms with van der Waals surface area (Å²) in [5.74, 6) is -5.25. The van der Waals surface area contributed by atoms with E-state index < -0.39 is 146 Å². The molecule has 386 valence electrons. The predicted octanol–water partition coefficient (Wildman–Crippen LogP) is 7.75. The van der Waals surface area contributed by atoms with Crippen molar-refractivity contribution < 1.29 is 82.0 Å². The zero-order valence-electron chi connectivity index (χ0n) is 38.8. The predicted molar refractivity (Wildman–Crippen MR) is 253 cm³/mol. The Labute approximate surface area is 433 Å². The van der Waals surface area contributed by atoms with Gasteiger partial charge in [-0.3, -0.25) is 4.79 Å². The van der Waals surface area contributed by atoms with Gasteiger partial charge in [0.1, 0.15) is 42.7 Å². The fourth-order valence-electron chi connectivity index (χ4n) is 8.84. The largest absolute Gasteiger partial charge is 0.509 e. The Morgan fingerprint density at radius 3 is 1.90 bits per heavy atom. The summed E-state index contributed by atoms with van der Waals surface area (Å²) < 4.78 is 40.7. The molecule has 1 saturated heterocycles. The number of ether oxygens (including phenoxy) is 8. The van der Waals surface area contributed by atoms with E-state index in [2.05, 4.69) is 5.32 Å². The van der Waals surface area contributed by atoms with Crippen LogP contribution >= 0.6 is 69.6 Å². The van der Waals surface area contributed by atoms with Crippen LogP contribution in [0.15, 0.2) is 71.8 Å². The monoisotopic (exact) mass is 1100 g/mol. The van der Waals surface area contributed by atoms with Crippen molar-refractivity contribution >= 4 is 106 Å². The number of nitrogens with one attached hydrogen (secondary N) is 1. The van der Waals surface area contributed by atoms with Crippen LogP contribution in [0.25, 0.3) is 0 Å². The van der Waals surface area contributed by atoms with E-state index in [4.69, 9.17) is 108 Å². The fraction of sp³-hybridized carbons (Fsp3) is 0.565. The molecule has 18 nitrogen and oxygen atoms in total. The lowest BCUT2D eigenvalue weighted by Crippen LogP contribution is -2.76. The van der Waals surface area contributed by atoms with Crippen molar-refractivity contribution in [3.63, 3.8) is 0 Å². The summed E-state index contributed by atoms with van der Waals surface area (Å²) in [4.78, 5) is 85.2. The van der Waals surface area contributed by atoms with Crippen molar-refractivity contribution in [3.05, 3.63) is 82.9 Å². The van der Waals surface area contributed by atoms with E-state index in [1.165, 1.54) is 52.0 Å². The number of rotatable bonds is 12. The number of halogens is 6. The molecule has 2 aromatic carbocycles. The second-order valence-corrected chi connectivity index (χ2v) is 23.7. The topological polar surface area (TPSA) is 249 Å². The summed E-state index contributed by atoms with van der Waals surface area (Å²) in [5, 5.41) is 39.2. The van der Waals surface area contributed by atoms with Crippen molar-refractivity contribution in [2.75, 3.05) is 19.8 Å². The number of ketones is 1. The van der Waals surface area contributed by atoms with Gasteiger partial charge in [-0.25, -0.2) is 24.0 Å². The number of esters is 2. The summed E-state index contributed by atoms with van der Waals surface area (Å²) in [5.41, 5.74) is -8.14. The van der Waals surface area contributed by atoms with Gasteiger partial charge in [0.15, 0.2) is 11.9 Å². The number of alkyl halides is 6. The van der Waals surface area contributed by atoms with Crippen molar-refractivity contribution in [1.82, 2.24) is 5.32 Å². The number of amides is 1. The van der Waals surface area contributed by atoms with Crippen LogP contribution in [0.2, 0.25) is 0 Å². The number of hydrogen-bond donors (Lipinski definition) is 4. The summed E-state index contributed by atoms with van der Waals surface area (Å²) in [6, 6.07) is 13.6. The molecule has 2 aromatic rings. The third-order valence-corrected chi connectivity index (χ3v) is 12.5. The number of fused-ring (bicyclic) bond motifs is 3. The molecule has 1 aliphatic heterocycles. The van der Waals surface area contributed by atoms with E-state index >= 15 is 9.59 Å². The van der Waals surface area contributed by atoms with Crippen molar-refractivity contribution in [1.29, 1.82) is 0 Å². The molecule has 0 bridgehead atoms. The Kier molecular flexibility index (Phi) is 18.0. The van der Waals surface area contributed by atoms with Crippen LogP contribution < -0.4 is 5.32 Å². The maximum atomic E-state index is 15.5. The zero-order valence-corrected chi connectivity index (χ0v) is 43.3. The molecule has 0 spiro atoms. The summed E-state index contributed by atoms with van der Waals surface area (Å²) in [6.45, 7) is 7.45. The quantitative estimate of drug-likeness (QED) is 0.0686. The molecule has 1 amide bonds. The maximum Gasteiger partial charge on any atom is 0.509 e. The molecular formula is C46H53Cl6NO17. The molecule has 5 rings (SSSR count). The van der Waals surface area contributed by atoms with Crippen LogP contribution in [0.3, 0.4) is 0 Å². The van der Waals surface area contributed by atoms with Crippen LogP contribution in [0.4, 0.5) is 14.4 Å². The molecule has 4 N–H and O–H groups in total. The lowest BCUT2D eigenvalue weighted by Gasteiger charge is -2.62. The van der Waals surface area contributed by atoms with Gasteiger partial charge in [-0.1, -0.05) is 118 Å². The molecular weight excluding hydrogens is 1050 g/mol. The molecule has 0 aromatic heterocycles. The Morgan fingerprint density at radius 2 is 1.39 bits per heavy atom. The summed E-state index contributed by atoms with van der Waals surface area (Å²) >= 11 is 35.0. The van der Waals surface area contributed by atoms with Crippen LogP contribution in [-0.2, 0) is 47.5 Å². The standard InChI is InChI=1S/C46H53Cl6NO17/c1-23-26(66-37(57)33(69-40(60)65-22-46(50,51)52)31(24-14-10-8-11-15-24)53-38(58)70-41(2,3)4)18-27(67-36(56)25-16-12-9-13-17-25)34-43(7,28(54)19-29-44(34,62)20-63-29)35(55)32(30(23)42(5,6)61)68-39(59)64-21-45(47,48)49/h8-17,26-29,31-34,54,61-62H,18-22H2,1-7H3,(H,53,58)/b30-23-/t26-,27+,28-,29+,31-,32+,33+,34?,43+,44-/m0/s1. The molecule has 1 unspecified atom stereocenters. The minimum absolute atomic E-state index is 0.0109. The molecule has 24 heteroatoms. The second-order valence-electron chi connectivity index (χ2n) is 18.7. The van der Waals surface area contributed by atoms with Gasteiger partial charge in [0.05, 0.1) is 35.4 Å². The first-order valence-electron chi connectivity index (χ1n) is 21.6. The molecule has 0 radical (unpaired) electrons. The Balaban J connectivity index is 1.76. The molecule has 1 heterocycles. The first-order chi connectivity index (χ1) is 32.2. The number of aliphatic hydroxyl groups is 3. The highest BCUT2D eigenvalue weighted by Crippen LogP contribution is 2.57. The van der Waals surface area contributed by atoms with Crippen LogP contribution in [0, 0.1) is 11.3 Å². The van der Waals surface area contributed by atoms with E-state index in [0.717, 1.165) is 0 Å². The normalized spacial score (nSPS) is 28.0. The third-order valence-electron chi connectivity index (χ3n) is 11.8. The van der Waals surface area contributed by atoms with Crippen molar-refractivity contribution in [2.24, 2.45) is 11.3 Å². The first-order valence-corrected chi connectivity index (χ1v) is 23.8. The van der Waals surface area contributed by atoms with Gasteiger partial charge in [0.2, 0.25) is 13.7 Å². The summed E-state index contributed by atoms with van der Waals surface area (Å²) in [7, 11) is 0. The van der Waals surface area contributed by atoms with Gasteiger partial charge in [-0.05, 0) is 71.7 Å². The van der Waals surface area contributed by atoms with E-state index in [-0.39, 0.29) is 23.1 Å². The van der Waals surface area contributed by atoms with Crippen molar-refractivity contribution in [2.45, 2.75) is 128 Å². The SMILES string of the molecule is C/C1=C(/C(C)(C)O)[C@@H](OC(=O)OCC(Cl)(Cl)Cl)C(=O)[C@@]2(C)C([C@H](OC(=O)c3ccccc3)C[C@@H]1OC(=O)[C@H](OC(=O)OCC(Cl)(Cl)Cl)[C@@H](NC(=O)OC(C)(C)C)c1ccccc1)[C@]1(O)CO[C@@H]1C[C@@H]2O. The Bertz CT molecular complexity index is 2280. The highest BCUT2D eigenvalue weighted by molar-refractivity contribution is 6.68. The van der Waals surface area contributed by atoms with Gasteiger partial charge in [-0.15, -0.1) is 0 Å². The third kappa shape index (κ3) is 14.0. The minimum Gasteiger partial charge on any atom is -0.458 e. The molecule has 10 atom stereocenters. The number of alkyl carbamates (subject to hydrolysis) is 1. The highest BCUT2D eigenvalue weighted by Gasteiger charge is 2.71. The molecule has 2 aliphatic carbocycles. The molecule has 3 aliphatic rings. The molecule has 1 saturated carbocycles. The minimum atomic E-state index is -2.26. The summed E-state index contributed by atoms with van der Waals surface area (Å²) in [6.07, 6.45) is -16.2. The molecule has 2 fully saturated rings. The van der Waals surface area contributed by atoms with Crippen LogP contribution in [0.5, 0.6) is 0 Å². The lowest BCUT2D eigenvalue weighted by atomic mass is 9.52. The average molecular weight is 1100 g/mol. The number of carbonyl (C=O) groups excluding carboxylic acids is 6. The lowest BCUT2D eigenvalue weighted by molar-refractivity contribution is -0.326. The maximum absolute atomic E-state index is 15.5. The van der Waals surface area contributed by atoms with Gasteiger partial charge in [-0.2, -0.15) is 0 Å². The van der Waals surface area contributed by atoms with Crippen LogP contribution in [0.1, 0.15) is 83.3 Å². The number of Topliss-reactive ketones (excluding diaryl/α,β-unsaturated/α-hetero) is 1. The first kappa shape index (κ1) is 57.1. The second kappa shape index (κ2) is 22.1. The highest BCUT2D eigenvalue weighted by atomic mass is 35.6. The zero-order chi connectivity index (χ0) is 52.4. The average Bonchev–Trinajstić information content (AvgIpc) is 3.27. The number of carbonyl (C=O) groups is 6. The Morgan fingerprint density at radius 1 is 0.829 bits per heavy atom. The van der Waals surface area contributed by atoms with Crippen molar-refractivity contribution in [3.8, 4) is 0 Å². The van der Waals surface area contributed by atoms with Gasteiger partial charge in [0.25, 0.3) is 0 Å². The fourth-order valence-corrected chi connectivity index (χ4v) is 9.16. The van der Waals surface area contributed by atoms with E-state index in [1.54, 1.807) is 57.2 Å². The van der Waals surface area contributed by atoms with Gasteiger partial charge < -0.3 is 58.5 Å². The molecule has 70 heavy (non-hydrogen) atoms. The van der Waals surface area contributed by atoms with E-state index in [9.17, 15) is 34.5 Å². The van der Waals surface area contributed by atoms with E-state index in [0.29, 0.717) is 0 Å². The smallest absolute Gasteiger partial charge is 0.458 e. The van der Waals surface area contributed by atoms with Gasteiger partial charge in [0, 0.05) is 24.3 Å².